The van der Waals surface area contributed by atoms with E-state index < -0.39 is 15.1 Å². The van der Waals surface area contributed by atoms with E-state index in [4.69, 9.17) is 16.3 Å². The maximum Gasteiger partial charge on any atom is 0.223 e. The molecule has 7 heteroatoms. The third kappa shape index (κ3) is 4.04. The molecular weight excluding hydrogens is 312 g/mol. The summed E-state index contributed by atoms with van der Waals surface area (Å²) in [5.74, 6) is 0.435. The summed E-state index contributed by atoms with van der Waals surface area (Å²) in [4.78, 5) is 8.22. The van der Waals surface area contributed by atoms with Crippen LogP contribution in [0.2, 0.25) is 5.15 Å². The summed E-state index contributed by atoms with van der Waals surface area (Å²) in [6.45, 7) is 3.50. The lowest BCUT2D eigenvalue weighted by molar-refractivity contribution is 0.205. The van der Waals surface area contributed by atoms with Crippen molar-refractivity contribution in [2.75, 3.05) is 6.26 Å². The predicted octanol–water partition coefficient (Wildman–Crippen LogP) is 2.87. The highest BCUT2D eigenvalue weighted by Crippen LogP contribution is 2.25. The van der Waals surface area contributed by atoms with Crippen LogP contribution in [-0.4, -0.2) is 36.0 Å². The summed E-state index contributed by atoms with van der Waals surface area (Å²) in [7, 11) is -3.07. The zero-order chi connectivity index (χ0) is 15.6. The quantitative estimate of drug-likeness (QED) is 0.789. The number of aromatic nitrogens is 2. The number of sulfone groups is 1. The Morgan fingerprint density at radius 1 is 1.33 bits per heavy atom. The van der Waals surface area contributed by atoms with Crippen molar-refractivity contribution in [1.29, 1.82) is 0 Å². The molecule has 2 atom stereocenters. The Labute approximate surface area is 129 Å². The van der Waals surface area contributed by atoms with E-state index in [1.807, 2.05) is 13.0 Å². The zero-order valence-electron chi connectivity index (χ0n) is 12.1. The van der Waals surface area contributed by atoms with Crippen LogP contribution in [0.5, 0.6) is 5.88 Å². The number of fused-ring (bicyclic) bond motifs is 1. The van der Waals surface area contributed by atoms with E-state index in [2.05, 4.69) is 9.97 Å². The van der Waals surface area contributed by atoms with Crippen LogP contribution in [-0.2, 0) is 9.84 Å². The molecule has 2 heterocycles. The van der Waals surface area contributed by atoms with Gasteiger partial charge in [-0.1, -0.05) is 11.6 Å². The van der Waals surface area contributed by atoms with Gasteiger partial charge in [0, 0.05) is 25.1 Å². The second-order valence-electron chi connectivity index (χ2n) is 5.15. The number of nitrogens with zero attached hydrogens (tertiary/aromatic N) is 2. The molecule has 2 rings (SSSR count). The van der Waals surface area contributed by atoms with Crippen LogP contribution in [0.15, 0.2) is 24.5 Å². The summed E-state index contributed by atoms with van der Waals surface area (Å²) in [6, 6.07) is 3.55. The topological polar surface area (TPSA) is 69.2 Å². The summed E-state index contributed by atoms with van der Waals surface area (Å²) < 4.78 is 28.7. The van der Waals surface area contributed by atoms with Gasteiger partial charge in [0.25, 0.3) is 0 Å². The fourth-order valence-corrected chi connectivity index (χ4v) is 2.78. The number of ether oxygens (including phenoxy) is 1. The Morgan fingerprint density at radius 3 is 2.71 bits per heavy atom. The second-order valence-corrected chi connectivity index (χ2v) is 8.00. The Hall–Kier alpha value is -1.40. The predicted molar refractivity (Wildman–Crippen MR) is 83.6 cm³/mol. The largest absolute Gasteiger partial charge is 0.474 e. The van der Waals surface area contributed by atoms with E-state index in [9.17, 15) is 8.42 Å². The first-order chi connectivity index (χ1) is 9.77. The molecule has 5 nitrogen and oxygen atoms in total. The lowest BCUT2D eigenvalue weighted by atomic mass is 10.2. The molecule has 0 aromatic carbocycles. The van der Waals surface area contributed by atoms with Gasteiger partial charge < -0.3 is 4.74 Å². The van der Waals surface area contributed by atoms with Crippen molar-refractivity contribution in [1.82, 2.24) is 9.97 Å². The van der Waals surface area contributed by atoms with E-state index >= 15 is 0 Å². The molecule has 114 valence electrons. The van der Waals surface area contributed by atoms with Crippen molar-refractivity contribution in [2.45, 2.75) is 31.6 Å². The average Bonchev–Trinajstić information content (AvgIpc) is 2.37. The fraction of sp³-hybridized carbons (Fsp3) is 0.429. The van der Waals surface area contributed by atoms with Crippen molar-refractivity contribution in [3.8, 4) is 5.88 Å². The first-order valence-electron chi connectivity index (χ1n) is 6.53. The standard InChI is InChI=1S/C14H17ClN2O3S/c1-9(6-10(2)21(3,18)19)20-14-12-8-17-13(15)7-11(12)4-5-16-14/h4-5,7-10H,6H2,1-3H3/t9-,10-/m1/s1. The fourth-order valence-electron chi connectivity index (χ4n) is 1.99. The number of pyridine rings is 2. The molecular formula is C14H17ClN2O3S. The maximum absolute atomic E-state index is 11.5. The van der Waals surface area contributed by atoms with Crippen LogP contribution >= 0.6 is 11.6 Å². The molecule has 2 aromatic rings. The van der Waals surface area contributed by atoms with Crippen LogP contribution in [0.25, 0.3) is 10.8 Å². The summed E-state index contributed by atoms with van der Waals surface area (Å²) in [5, 5.41) is 1.57. The van der Waals surface area contributed by atoms with Gasteiger partial charge in [-0.2, -0.15) is 0 Å². The number of hydrogen-bond donors (Lipinski definition) is 0. The van der Waals surface area contributed by atoms with Gasteiger partial charge in [0.2, 0.25) is 5.88 Å². The molecule has 0 bridgehead atoms. The number of rotatable bonds is 5. The normalized spacial score (nSPS) is 14.9. The number of hydrogen-bond acceptors (Lipinski definition) is 5. The average molecular weight is 329 g/mol. The van der Waals surface area contributed by atoms with Gasteiger partial charge in [-0.25, -0.2) is 18.4 Å². The van der Waals surface area contributed by atoms with E-state index in [-0.39, 0.29) is 6.10 Å². The van der Waals surface area contributed by atoms with Gasteiger partial charge in [-0.05, 0) is 31.4 Å². The highest BCUT2D eigenvalue weighted by Gasteiger charge is 2.20. The first kappa shape index (κ1) is 16.0. The second kappa shape index (κ2) is 6.15. The minimum Gasteiger partial charge on any atom is -0.474 e. The monoisotopic (exact) mass is 328 g/mol. The molecule has 0 amide bonds. The van der Waals surface area contributed by atoms with Gasteiger partial charge in [0.1, 0.15) is 15.0 Å². The Balaban J connectivity index is 2.20. The van der Waals surface area contributed by atoms with Crippen molar-refractivity contribution in [3.05, 3.63) is 29.7 Å². The van der Waals surface area contributed by atoms with Crippen LogP contribution < -0.4 is 4.74 Å². The van der Waals surface area contributed by atoms with Gasteiger partial charge in [0.05, 0.1) is 16.7 Å². The molecule has 0 saturated carbocycles. The van der Waals surface area contributed by atoms with Gasteiger partial charge >= 0.3 is 0 Å². The molecule has 21 heavy (non-hydrogen) atoms. The van der Waals surface area contributed by atoms with Crippen molar-refractivity contribution in [2.24, 2.45) is 0 Å². The molecule has 0 saturated heterocycles. The van der Waals surface area contributed by atoms with Crippen molar-refractivity contribution < 1.29 is 13.2 Å². The highest BCUT2D eigenvalue weighted by atomic mass is 35.5. The maximum atomic E-state index is 11.5. The lowest BCUT2D eigenvalue weighted by Crippen LogP contribution is -2.24. The Kier molecular flexibility index (Phi) is 4.68. The molecule has 0 aliphatic heterocycles. The minimum atomic E-state index is -3.07. The number of halogens is 1. The van der Waals surface area contributed by atoms with Crippen LogP contribution in [0, 0.1) is 0 Å². The van der Waals surface area contributed by atoms with E-state index in [1.54, 1.807) is 25.4 Å². The molecule has 0 unspecified atom stereocenters. The van der Waals surface area contributed by atoms with Crippen molar-refractivity contribution in [3.63, 3.8) is 0 Å². The molecule has 0 N–H and O–H groups in total. The lowest BCUT2D eigenvalue weighted by Gasteiger charge is -2.18. The van der Waals surface area contributed by atoms with E-state index in [0.29, 0.717) is 17.5 Å². The van der Waals surface area contributed by atoms with E-state index in [1.165, 1.54) is 6.26 Å². The molecule has 0 radical (unpaired) electrons. The zero-order valence-corrected chi connectivity index (χ0v) is 13.6. The third-order valence-electron chi connectivity index (χ3n) is 3.29. The Bertz CT molecular complexity index is 749. The SMILES string of the molecule is C[C@H](C[C@@H](C)S(C)(=O)=O)Oc1nccc2cc(Cl)ncc12. The highest BCUT2D eigenvalue weighted by molar-refractivity contribution is 7.91. The minimum absolute atomic E-state index is 0.275. The first-order valence-corrected chi connectivity index (χ1v) is 8.86. The smallest absolute Gasteiger partial charge is 0.223 e. The summed E-state index contributed by atoms with van der Waals surface area (Å²) >= 11 is 5.86. The van der Waals surface area contributed by atoms with Crippen molar-refractivity contribution >= 4 is 32.2 Å². The van der Waals surface area contributed by atoms with Gasteiger partial charge in [-0.15, -0.1) is 0 Å². The van der Waals surface area contributed by atoms with Gasteiger partial charge in [-0.3, -0.25) is 0 Å². The van der Waals surface area contributed by atoms with Crippen LogP contribution in [0.4, 0.5) is 0 Å². The molecule has 0 aliphatic rings. The van der Waals surface area contributed by atoms with Crippen LogP contribution in [0.1, 0.15) is 20.3 Å². The Morgan fingerprint density at radius 2 is 2.05 bits per heavy atom. The molecule has 0 fully saturated rings. The molecule has 0 aliphatic carbocycles. The molecule has 0 spiro atoms. The molecule has 2 aromatic heterocycles. The van der Waals surface area contributed by atoms with Gasteiger partial charge in [0.15, 0.2) is 0 Å². The summed E-state index contributed by atoms with van der Waals surface area (Å²) in [5.41, 5.74) is 0. The summed E-state index contributed by atoms with van der Waals surface area (Å²) in [6.07, 6.45) is 4.58. The van der Waals surface area contributed by atoms with Crippen LogP contribution in [0.3, 0.4) is 0 Å². The van der Waals surface area contributed by atoms with E-state index in [0.717, 1.165) is 10.8 Å². The third-order valence-corrected chi connectivity index (χ3v) is 5.15.